The number of rotatable bonds is 7. The van der Waals surface area contributed by atoms with E-state index in [0.29, 0.717) is 13.0 Å². The van der Waals surface area contributed by atoms with Crippen molar-refractivity contribution >= 4 is 11.9 Å². The van der Waals surface area contributed by atoms with Crippen LogP contribution in [0.15, 0.2) is 24.3 Å². The third kappa shape index (κ3) is 5.43. The quantitative estimate of drug-likeness (QED) is 0.805. The molecule has 0 spiro atoms. The minimum absolute atomic E-state index is 0.0296. The number of aliphatic carboxylic acids is 1. The van der Waals surface area contributed by atoms with Crippen LogP contribution >= 0.6 is 0 Å². The van der Waals surface area contributed by atoms with Crippen molar-refractivity contribution < 1.29 is 14.7 Å². The maximum atomic E-state index is 11.9. The summed E-state index contributed by atoms with van der Waals surface area (Å²) in [6, 6.07) is 8.05. The maximum absolute atomic E-state index is 11.9. The fourth-order valence-corrected chi connectivity index (χ4v) is 2.26. The monoisotopic (exact) mass is 277 g/mol. The molecule has 1 aromatic carbocycles. The molecule has 20 heavy (non-hydrogen) atoms. The number of carboxylic acids is 1. The molecule has 0 aliphatic rings. The summed E-state index contributed by atoms with van der Waals surface area (Å²) in [5.41, 5.74) is 2.37. The molecule has 2 atom stereocenters. The maximum Gasteiger partial charge on any atom is 0.303 e. The number of carboxylic acid groups (broad SMARTS) is 1. The summed E-state index contributed by atoms with van der Waals surface area (Å²) in [5, 5.41) is 11.5. The lowest BCUT2D eigenvalue weighted by Crippen LogP contribution is -2.30. The van der Waals surface area contributed by atoms with Crippen molar-refractivity contribution in [2.45, 2.75) is 39.5 Å². The van der Waals surface area contributed by atoms with Gasteiger partial charge >= 0.3 is 5.97 Å². The number of nitrogens with one attached hydrogen (secondary N) is 1. The van der Waals surface area contributed by atoms with Crippen LogP contribution in [0.4, 0.5) is 0 Å². The van der Waals surface area contributed by atoms with Crippen molar-refractivity contribution in [1.82, 2.24) is 5.32 Å². The topological polar surface area (TPSA) is 66.4 Å². The number of aryl methyl sites for hydroxylation is 1. The Hall–Kier alpha value is -1.84. The molecule has 0 bridgehead atoms. The molecule has 110 valence electrons. The molecule has 0 aliphatic carbocycles. The molecule has 4 heteroatoms. The van der Waals surface area contributed by atoms with Gasteiger partial charge in [-0.05, 0) is 29.9 Å². The van der Waals surface area contributed by atoms with E-state index in [1.54, 1.807) is 0 Å². The van der Waals surface area contributed by atoms with Crippen LogP contribution < -0.4 is 5.32 Å². The van der Waals surface area contributed by atoms with E-state index < -0.39 is 5.97 Å². The van der Waals surface area contributed by atoms with E-state index in [4.69, 9.17) is 5.11 Å². The zero-order chi connectivity index (χ0) is 15.1. The van der Waals surface area contributed by atoms with Gasteiger partial charge in [-0.1, -0.05) is 38.1 Å². The van der Waals surface area contributed by atoms with Crippen LogP contribution in [0.2, 0.25) is 0 Å². The molecular formula is C16H23NO3. The average Bonchev–Trinajstić information content (AvgIpc) is 2.36. The van der Waals surface area contributed by atoms with E-state index in [1.807, 2.05) is 45.0 Å². The minimum Gasteiger partial charge on any atom is -0.481 e. The zero-order valence-corrected chi connectivity index (χ0v) is 12.3. The summed E-state index contributed by atoms with van der Waals surface area (Å²) >= 11 is 0. The second-order valence-corrected chi connectivity index (χ2v) is 5.47. The van der Waals surface area contributed by atoms with Gasteiger partial charge in [0.1, 0.15) is 0 Å². The largest absolute Gasteiger partial charge is 0.481 e. The highest BCUT2D eigenvalue weighted by Crippen LogP contribution is 2.22. The highest BCUT2D eigenvalue weighted by atomic mass is 16.4. The Morgan fingerprint density at radius 3 is 2.45 bits per heavy atom. The Morgan fingerprint density at radius 2 is 1.85 bits per heavy atom. The van der Waals surface area contributed by atoms with Gasteiger partial charge in [0, 0.05) is 19.4 Å². The third-order valence-electron chi connectivity index (χ3n) is 3.38. The summed E-state index contributed by atoms with van der Waals surface area (Å²) in [7, 11) is 0. The van der Waals surface area contributed by atoms with Gasteiger partial charge in [0.05, 0.1) is 0 Å². The fourth-order valence-electron chi connectivity index (χ4n) is 2.26. The highest BCUT2D eigenvalue weighted by Gasteiger charge is 2.14. The Balaban J connectivity index is 2.43. The summed E-state index contributed by atoms with van der Waals surface area (Å²) in [4.78, 5) is 22.4. The minimum atomic E-state index is -0.833. The van der Waals surface area contributed by atoms with Gasteiger partial charge in [0.15, 0.2) is 0 Å². The molecule has 0 saturated carbocycles. The Labute approximate surface area is 120 Å². The summed E-state index contributed by atoms with van der Waals surface area (Å²) in [6.45, 7) is 6.30. The Morgan fingerprint density at radius 1 is 1.20 bits per heavy atom. The van der Waals surface area contributed by atoms with Gasteiger partial charge in [-0.2, -0.15) is 0 Å². The van der Waals surface area contributed by atoms with Gasteiger partial charge in [-0.25, -0.2) is 0 Å². The molecule has 1 aromatic rings. The summed E-state index contributed by atoms with van der Waals surface area (Å²) in [5.74, 6) is -0.755. The van der Waals surface area contributed by atoms with Crippen LogP contribution in [0.5, 0.6) is 0 Å². The molecular weight excluding hydrogens is 254 g/mol. The molecule has 2 unspecified atom stereocenters. The lowest BCUT2D eigenvalue weighted by atomic mass is 9.93. The first-order valence-electron chi connectivity index (χ1n) is 6.94. The van der Waals surface area contributed by atoms with E-state index >= 15 is 0 Å². The molecule has 4 nitrogen and oxygen atoms in total. The molecule has 2 N–H and O–H groups in total. The van der Waals surface area contributed by atoms with Crippen molar-refractivity contribution in [3.05, 3.63) is 35.4 Å². The first-order valence-corrected chi connectivity index (χ1v) is 6.94. The van der Waals surface area contributed by atoms with E-state index in [0.717, 1.165) is 0 Å². The van der Waals surface area contributed by atoms with E-state index in [-0.39, 0.29) is 24.2 Å². The zero-order valence-electron chi connectivity index (χ0n) is 12.3. The molecule has 0 aliphatic heterocycles. The lowest BCUT2D eigenvalue weighted by Gasteiger charge is -2.15. The van der Waals surface area contributed by atoms with E-state index in [1.165, 1.54) is 11.1 Å². The van der Waals surface area contributed by atoms with Crippen LogP contribution in [-0.4, -0.2) is 23.5 Å². The first-order chi connectivity index (χ1) is 9.40. The average molecular weight is 277 g/mol. The highest BCUT2D eigenvalue weighted by molar-refractivity contribution is 5.77. The van der Waals surface area contributed by atoms with Crippen molar-refractivity contribution in [1.29, 1.82) is 0 Å². The Bertz CT molecular complexity index is 471. The number of benzene rings is 1. The van der Waals surface area contributed by atoms with Crippen molar-refractivity contribution in [3.63, 3.8) is 0 Å². The number of carbonyl (C=O) groups excluding carboxylic acids is 1. The Kier molecular flexibility index (Phi) is 6.22. The number of hydrogen-bond donors (Lipinski definition) is 2. The van der Waals surface area contributed by atoms with Gasteiger partial charge in [-0.15, -0.1) is 0 Å². The first kappa shape index (κ1) is 16.2. The number of amides is 1. The standard InChI is InChI=1S/C16H23NO3/c1-11(8-16(19)20)10-17-15(18)9-13(3)14-7-5-4-6-12(14)2/h4-7,11,13H,8-10H2,1-3H3,(H,17,18)(H,19,20). The fraction of sp³-hybridized carbons (Fsp3) is 0.500. The lowest BCUT2D eigenvalue weighted by molar-refractivity contribution is -0.138. The number of hydrogen-bond acceptors (Lipinski definition) is 2. The smallest absolute Gasteiger partial charge is 0.303 e. The molecule has 0 radical (unpaired) electrons. The third-order valence-corrected chi connectivity index (χ3v) is 3.38. The molecule has 1 rings (SSSR count). The van der Waals surface area contributed by atoms with Gasteiger partial charge in [0.25, 0.3) is 0 Å². The molecule has 0 aromatic heterocycles. The van der Waals surface area contributed by atoms with Crippen LogP contribution in [0.25, 0.3) is 0 Å². The second kappa shape index (κ2) is 7.68. The van der Waals surface area contributed by atoms with Crippen LogP contribution in [0.1, 0.15) is 43.7 Å². The van der Waals surface area contributed by atoms with Gasteiger partial charge in [-0.3, -0.25) is 9.59 Å². The molecule has 0 heterocycles. The summed E-state index contributed by atoms with van der Waals surface area (Å²) in [6.07, 6.45) is 0.498. The van der Waals surface area contributed by atoms with Crippen molar-refractivity contribution in [2.24, 2.45) is 5.92 Å². The van der Waals surface area contributed by atoms with Gasteiger partial charge in [0.2, 0.25) is 5.91 Å². The molecule has 0 fully saturated rings. The van der Waals surface area contributed by atoms with Crippen LogP contribution in [-0.2, 0) is 9.59 Å². The molecule has 0 saturated heterocycles. The summed E-state index contributed by atoms with van der Waals surface area (Å²) < 4.78 is 0. The second-order valence-electron chi connectivity index (χ2n) is 5.47. The predicted molar refractivity (Wildman–Crippen MR) is 78.6 cm³/mol. The predicted octanol–water partition coefficient (Wildman–Crippen LogP) is 2.72. The molecule has 1 amide bonds. The van der Waals surface area contributed by atoms with Gasteiger partial charge < -0.3 is 10.4 Å². The van der Waals surface area contributed by atoms with Crippen LogP contribution in [0.3, 0.4) is 0 Å². The van der Waals surface area contributed by atoms with E-state index in [9.17, 15) is 9.59 Å². The van der Waals surface area contributed by atoms with Crippen molar-refractivity contribution in [3.8, 4) is 0 Å². The van der Waals surface area contributed by atoms with E-state index in [2.05, 4.69) is 5.32 Å². The van der Waals surface area contributed by atoms with Crippen LogP contribution in [0, 0.1) is 12.8 Å². The SMILES string of the molecule is Cc1ccccc1C(C)CC(=O)NCC(C)CC(=O)O. The number of carbonyl (C=O) groups is 2. The normalized spacial score (nSPS) is 13.6. The van der Waals surface area contributed by atoms with Crippen molar-refractivity contribution in [2.75, 3.05) is 6.54 Å².